The molecule has 300 valence electrons. The van der Waals surface area contributed by atoms with Crippen molar-refractivity contribution in [2.24, 2.45) is 46.3 Å². The number of carbonyl (C=O) groups excluding carboxylic acids is 2. The first-order valence-electron chi connectivity index (χ1n) is 20.9. The van der Waals surface area contributed by atoms with Crippen molar-refractivity contribution in [2.75, 3.05) is 59.4 Å². The lowest BCUT2D eigenvalue weighted by Gasteiger charge is -2.58. The van der Waals surface area contributed by atoms with Crippen LogP contribution in [0, 0.1) is 46.3 Å². The number of rotatable bonds is 21. The largest absolute Gasteiger partial charge is 0.462 e. The van der Waals surface area contributed by atoms with Crippen molar-refractivity contribution < 1.29 is 38.0 Å². The van der Waals surface area contributed by atoms with Crippen LogP contribution < -0.4 is 5.32 Å². The van der Waals surface area contributed by atoms with Gasteiger partial charge in [0.05, 0.1) is 59.3 Å². The number of hydrogen-bond donors (Lipinski definition) is 1. The Morgan fingerprint density at radius 2 is 1.48 bits per heavy atom. The molecule has 8 atom stereocenters. The van der Waals surface area contributed by atoms with Crippen LogP contribution in [0.25, 0.3) is 0 Å². The second kappa shape index (κ2) is 20.3. The zero-order valence-corrected chi connectivity index (χ0v) is 34.2. The summed E-state index contributed by atoms with van der Waals surface area (Å²) in [7, 11) is 0. The summed E-state index contributed by atoms with van der Waals surface area (Å²) in [5.74, 6) is 4.85. The predicted molar refractivity (Wildman–Crippen MR) is 205 cm³/mol. The third-order valence-corrected chi connectivity index (χ3v) is 13.0. The van der Waals surface area contributed by atoms with Crippen molar-refractivity contribution in [3.8, 4) is 0 Å². The molecule has 0 radical (unpaired) electrons. The minimum absolute atomic E-state index is 0.0117. The molecule has 3 fully saturated rings. The summed E-state index contributed by atoms with van der Waals surface area (Å²) in [5, 5.41) is 2.65. The highest BCUT2D eigenvalue weighted by Crippen LogP contribution is 2.67. The van der Waals surface area contributed by atoms with E-state index in [1.807, 2.05) is 20.8 Å². The molecule has 3 saturated carbocycles. The Kier molecular flexibility index (Phi) is 16.8. The topological polar surface area (TPSA) is 102 Å². The number of nitrogens with one attached hydrogen (secondary N) is 1. The predicted octanol–water partition coefficient (Wildman–Crippen LogP) is 8.92. The fraction of sp³-hybridized carbons (Fsp3) is 0.907. The molecule has 0 aromatic rings. The third-order valence-electron chi connectivity index (χ3n) is 13.0. The number of carbonyl (C=O) groups is 2. The highest BCUT2D eigenvalue weighted by atomic mass is 16.6. The van der Waals surface area contributed by atoms with Crippen LogP contribution in [0.3, 0.4) is 0 Å². The van der Waals surface area contributed by atoms with E-state index in [0.717, 1.165) is 54.8 Å². The summed E-state index contributed by atoms with van der Waals surface area (Å²) in [6.45, 7) is 21.8. The van der Waals surface area contributed by atoms with Crippen LogP contribution in [0.15, 0.2) is 11.6 Å². The van der Waals surface area contributed by atoms with E-state index in [-0.39, 0.29) is 23.9 Å². The molecular formula is C43H75NO8. The molecule has 0 aromatic heterocycles. The first-order chi connectivity index (χ1) is 24.7. The Bertz CT molecular complexity index is 1130. The van der Waals surface area contributed by atoms with Gasteiger partial charge in [-0.15, -0.1) is 0 Å². The minimum Gasteiger partial charge on any atom is -0.462 e. The minimum atomic E-state index is -0.513. The molecule has 9 nitrogen and oxygen atoms in total. The van der Waals surface area contributed by atoms with Gasteiger partial charge in [0.2, 0.25) is 0 Å². The zero-order chi connectivity index (χ0) is 37.8. The van der Waals surface area contributed by atoms with Gasteiger partial charge in [-0.3, -0.25) is 4.79 Å². The molecule has 0 saturated heterocycles. The van der Waals surface area contributed by atoms with Gasteiger partial charge < -0.3 is 33.7 Å². The van der Waals surface area contributed by atoms with Gasteiger partial charge in [0.15, 0.2) is 0 Å². The number of fused-ring (bicyclic) bond motifs is 5. The number of allylic oxidation sites excluding steroid dienone is 1. The number of ether oxygens (including phenoxy) is 6. The summed E-state index contributed by atoms with van der Waals surface area (Å²) in [6.07, 6.45) is 16.4. The molecule has 4 rings (SSSR count). The molecular weight excluding hydrogens is 658 g/mol. The van der Waals surface area contributed by atoms with Crippen molar-refractivity contribution in [1.29, 1.82) is 0 Å². The maximum Gasteiger partial charge on any atom is 0.407 e. The lowest BCUT2D eigenvalue weighted by atomic mass is 9.47. The Morgan fingerprint density at radius 3 is 2.13 bits per heavy atom. The van der Waals surface area contributed by atoms with Gasteiger partial charge in [0.1, 0.15) is 11.7 Å². The highest BCUT2D eigenvalue weighted by Gasteiger charge is 2.59. The van der Waals surface area contributed by atoms with Crippen molar-refractivity contribution in [3.05, 3.63) is 11.6 Å². The molecule has 0 aromatic carbocycles. The third kappa shape index (κ3) is 12.4. The van der Waals surface area contributed by atoms with Crippen LogP contribution in [0.5, 0.6) is 0 Å². The molecule has 0 heterocycles. The Hall–Kier alpha value is -1.68. The van der Waals surface area contributed by atoms with E-state index in [1.54, 1.807) is 5.57 Å². The summed E-state index contributed by atoms with van der Waals surface area (Å²) in [5.41, 5.74) is 1.83. The fourth-order valence-electron chi connectivity index (χ4n) is 10.5. The van der Waals surface area contributed by atoms with Gasteiger partial charge in [-0.1, -0.05) is 65.5 Å². The molecule has 9 heteroatoms. The quantitative estimate of drug-likeness (QED) is 0.0709. The summed E-state index contributed by atoms with van der Waals surface area (Å²) in [4.78, 5) is 24.3. The smallest absolute Gasteiger partial charge is 0.407 e. The number of hydrogen-bond acceptors (Lipinski definition) is 8. The van der Waals surface area contributed by atoms with Gasteiger partial charge in [-0.25, -0.2) is 4.79 Å². The summed E-state index contributed by atoms with van der Waals surface area (Å²) in [6, 6.07) is 0. The van der Waals surface area contributed by atoms with E-state index in [2.05, 4.69) is 46.0 Å². The van der Waals surface area contributed by atoms with E-state index < -0.39 is 11.7 Å². The van der Waals surface area contributed by atoms with E-state index in [1.165, 1.54) is 51.4 Å². The van der Waals surface area contributed by atoms with E-state index in [0.29, 0.717) is 64.8 Å². The van der Waals surface area contributed by atoms with Crippen molar-refractivity contribution in [3.63, 3.8) is 0 Å². The molecule has 4 aliphatic rings. The average molecular weight is 734 g/mol. The van der Waals surface area contributed by atoms with Crippen molar-refractivity contribution >= 4 is 12.1 Å². The maximum absolute atomic E-state index is 12.7. The highest BCUT2D eigenvalue weighted by molar-refractivity contribution is 5.69. The van der Waals surface area contributed by atoms with Crippen LogP contribution in [0.1, 0.15) is 132 Å². The van der Waals surface area contributed by atoms with Crippen LogP contribution in [0.4, 0.5) is 4.79 Å². The van der Waals surface area contributed by atoms with Gasteiger partial charge >= 0.3 is 12.1 Å². The van der Waals surface area contributed by atoms with E-state index in [4.69, 9.17) is 28.4 Å². The van der Waals surface area contributed by atoms with Gasteiger partial charge in [-0.05, 0) is 112 Å². The first kappa shape index (κ1) is 43.1. The summed E-state index contributed by atoms with van der Waals surface area (Å²) >= 11 is 0. The fourth-order valence-corrected chi connectivity index (χ4v) is 10.5. The van der Waals surface area contributed by atoms with Crippen LogP contribution in [-0.4, -0.2) is 83.2 Å². The Labute approximate surface area is 316 Å². The number of esters is 1. The van der Waals surface area contributed by atoms with E-state index in [9.17, 15) is 9.59 Å². The van der Waals surface area contributed by atoms with Crippen molar-refractivity contribution in [1.82, 2.24) is 5.32 Å². The molecule has 52 heavy (non-hydrogen) atoms. The molecule has 0 aliphatic heterocycles. The van der Waals surface area contributed by atoms with Crippen LogP contribution in [-0.2, 0) is 33.2 Å². The second-order valence-electron chi connectivity index (χ2n) is 18.3. The zero-order valence-electron chi connectivity index (χ0n) is 34.2. The lowest BCUT2D eigenvalue weighted by molar-refractivity contribution is -0.152. The maximum atomic E-state index is 12.7. The molecule has 0 bridgehead atoms. The van der Waals surface area contributed by atoms with Crippen molar-refractivity contribution in [2.45, 2.75) is 144 Å². The van der Waals surface area contributed by atoms with Crippen LogP contribution >= 0.6 is 0 Å². The average Bonchev–Trinajstić information content (AvgIpc) is 3.43. The van der Waals surface area contributed by atoms with Crippen LogP contribution in [0.2, 0.25) is 0 Å². The SMILES string of the molecule is CC(C)CCCC(C)C1CCC2C3CC=C4CC(OC(=O)CCOCCOCCOCCOCCNC(=O)OC(C)(C)C)CCC4(C)C3CCC12C. The monoisotopic (exact) mass is 734 g/mol. The standard InChI is InChI=1S/C43H75NO8/c1-31(2)10-9-11-32(3)36-14-15-37-35-13-12-33-30-34(16-19-42(33,7)38(35)17-20-43(36,37)8)51-39(45)18-22-47-24-26-49-28-29-50-27-25-48-23-21-44-40(46)52-41(4,5)6/h12,31-32,34-38H,9-11,13-30H2,1-8H3,(H,44,46). The summed E-state index contributed by atoms with van der Waals surface area (Å²) < 4.78 is 33.3. The van der Waals surface area contributed by atoms with Gasteiger partial charge in [0.25, 0.3) is 0 Å². The number of alkyl carbamates (subject to hydrolysis) is 1. The van der Waals surface area contributed by atoms with Gasteiger partial charge in [0, 0.05) is 13.0 Å². The molecule has 8 unspecified atom stereocenters. The first-order valence-corrected chi connectivity index (χ1v) is 20.9. The molecule has 0 spiro atoms. The molecule has 4 aliphatic carbocycles. The van der Waals surface area contributed by atoms with E-state index >= 15 is 0 Å². The number of amides is 1. The Morgan fingerprint density at radius 1 is 0.827 bits per heavy atom. The lowest BCUT2D eigenvalue weighted by Crippen LogP contribution is -2.51. The Balaban J connectivity index is 1.04. The van der Waals surface area contributed by atoms with Gasteiger partial charge in [-0.2, -0.15) is 0 Å². The normalized spacial score (nSPS) is 30.6. The molecule has 1 N–H and O–H groups in total. The molecule has 1 amide bonds. The second-order valence-corrected chi connectivity index (χ2v) is 18.3.